The van der Waals surface area contributed by atoms with Crippen LogP contribution in [-0.2, 0) is 9.59 Å². The second-order valence-electron chi connectivity index (χ2n) is 5.42. The molecule has 0 aromatic carbocycles. The van der Waals surface area contributed by atoms with Crippen LogP contribution in [0.4, 0.5) is 0 Å². The van der Waals surface area contributed by atoms with Crippen LogP contribution in [0.2, 0.25) is 0 Å². The van der Waals surface area contributed by atoms with E-state index in [0.29, 0.717) is 25.9 Å². The van der Waals surface area contributed by atoms with E-state index in [-0.39, 0.29) is 11.8 Å². The first-order chi connectivity index (χ1) is 8.94. The summed E-state index contributed by atoms with van der Waals surface area (Å²) in [5, 5.41) is 2.78. The molecule has 0 saturated heterocycles. The smallest absolute Gasteiger partial charge is 0.244 e. The predicted molar refractivity (Wildman–Crippen MR) is 75.5 cm³/mol. The number of hydrogen-bond donors (Lipinski definition) is 2. The van der Waals surface area contributed by atoms with Crippen molar-refractivity contribution in [2.75, 3.05) is 13.1 Å². The van der Waals surface area contributed by atoms with E-state index in [2.05, 4.69) is 5.32 Å². The maximum Gasteiger partial charge on any atom is 0.244 e. The maximum absolute atomic E-state index is 12.2. The third-order valence-corrected chi connectivity index (χ3v) is 3.99. The van der Waals surface area contributed by atoms with E-state index in [4.69, 9.17) is 5.73 Å². The molecule has 5 nitrogen and oxygen atoms in total. The van der Waals surface area contributed by atoms with Crippen LogP contribution in [0, 0.1) is 0 Å². The van der Waals surface area contributed by atoms with Crippen LogP contribution < -0.4 is 11.1 Å². The van der Waals surface area contributed by atoms with E-state index in [0.717, 1.165) is 19.3 Å². The molecule has 0 bridgehead atoms. The Balaban J connectivity index is 2.58. The maximum atomic E-state index is 12.2. The number of amides is 2. The Hall–Kier alpha value is -1.10. The fraction of sp³-hybridized carbons (Fsp3) is 0.857. The second kappa shape index (κ2) is 6.89. The van der Waals surface area contributed by atoms with Crippen molar-refractivity contribution in [2.45, 2.75) is 64.5 Å². The van der Waals surface area contributed by atoms with Crippen molar-refractivity contribution in [3.8, 4) is 0 Å². The van der Waals surface area contributed by atoms with Crippen molar-refractivity contribution in [1.82, 2.24) is 10.2 Å². The summed E-state index contributed by atoms with van der Waals surface area (Å²) >= 11 is 0. The number of nitrogens with zero attached hydrogens (tertiary/aromatic N) is 1. The van der Waals surface area contributed by atoms with Crippen LogP contribution in [0.5, 0.6) is 0 Å². The average molecular weight is 269 g/mol. The first-order valence-electron chi connectivity index (χ1n) is 7.33. The highest BCUT2D eigenvalue weighted by Gasteiger charge is 2.36. The van der Waals surface area contributed by atoms with E-state index in [9.17, 15) is 9.59 Å². The molecule has 0 radical (unpaired) electrons. The molecular weight excluding hydrogens is 242 g/mol. The van der Waals surface area contributed by atoms with Gasteiger partial charge in [-0.2, -0.15) is 0 Å². The SMILES string of the molecule is CCN(CC)C(=O)C(C)NC(=O)C1(N)CCCCC1. The molecule has 0 heterocycles. The van der Waals surface area contributed by atoms with Gasteiger partial charge in [-0.25, -0.2) is 0 Å². The zero-order valence-electron chi connectivity index (χ0n) is 12.4. The van der Waals surface area contributed by atoms with Gasteiger partial charge in [0.2, 0.25) is 11.8 Å². The van der Waals surface area contributed by atoms with E-state index in [1.54, 1.807) is 11.8 Å². The number of carbonyl (C=O) groups is 2. The molecule has 0 spiro atoms. The monoisotopic (exact) mass is 269 g/mol. The summed E-state index contributed by atoms with van der Waals surface area (Å²) in [5.41, 5.74) is 5.37. The summed E-state index contributed by atoms with van der Waals surface area (Å²) in [4.78, 5) is 26.0. The lowest BCUT2D eigenvalue weighted by Crippen LogP contribution is -2.59. The van der Waals surface area contributed by atoms with E-state index in [1.807, 2.05) is 13.8 Å². The molecule has 1 aliphatic carbocycles. The molecule has 1 unspecified atom stereocenters. The molecule has 0 aliphatic heterocycles. The topological polar surface area (TPSA) is 75.4 Å². The van der Waals surface area contributed by atoms with Gasteiger partial charge >= 0.3 is 0 Å². The summed E-state index contributed by atoms with van der Waals surface area (Å²) < 4.78 is 0. The second-order valence-corrected chi connectivity index (χ2v) is 5.42. The standard InChI is InChI=1S/C14H27N3O2/c1-4-17(5-2)12(18)11(3)16-13(19)14(15)9-7-6-8-10-14/h11H,4-10,15H2,1-3H3,(H,16,19). The average Bonchev–Trinajstić information content (AvgIpc) is 2.40. The summed E-state index contributed by atoms with van der Waals surface area (Å²) in [5.74, 6) is -0.224. The lowest BCUT2D eigenvalue weighted by molar-refractivity contribution is -0.137. The highest BCUT2D eigenvalue weighted by atomic mass is 16.2. The Morgan fingerprint density at radius 1 is 1.21 bits per heavy atom. The van der Waals surface area contributed by atoms with Gasteiger partial charge in [-0.15, -0.1) is 0 Å². The predicted octanol–water partition coefficient (Wildman–Crippen LogP) is 1.02. The van der Waals surface area contributed by atoms with Gasteiger partial charge in [0.25, 0.3) is 0 Å². The lowest BCUT2D eigenvalue weighted by atomic mass is 9.82. The first-order valence-corrected chi connectivity index (χ1v) is 7.33. The minimum Gasteiger partial charge on any atom is -0.343 e. The fourth-order valence-corrected chi connectivity index (χ4v) is 2.62. The molecule has 1 rings (SSSR count). The Labute approximate surface area is 115 Å². The highest BCUT2D eigenvalue weighted by molar-refractivity contribution is 5.91. The highest BCUT2D eigenvalue weighted by Crippen LogP contribution is 2.26. The fourth-order valence-electron chi connectivity index (χ4n) is 2.62. The van der Waals surface area contributed by atoms with Crippen LogP contribution in [0.25, 0.3) is 0 Å². The van der Waals surface area contributed by atoms with Crippen molar-refractivity contribution in [3.63, 3.8) is 0 Å². The number of nitrogens with two attached hydrogens (primary N) is 1. The number of hydrogen-bond acceptors (Lipinski definition) is 3. The first kappa shape index (κ1) is 16.0. The van der Waals surface area contributed by atoms with Gasteiger partial charge in [0.15, 0.2) is 0 Å². The Kier molecular flexibility index (Phi) is 5.79. The Morgan fingerprint density at radius 2 is 1.74 bits per heavy atom. The van der Waals surface area contributed by atoms with Gasteiger partial charge in [-0.05, 0) is 33.6 Å². The molecule has 1 saturated carbocycles. The van der Waals surface area contributed by atoms with Gasteiger partial charge in [0.1, 0.15) is 6.04 Å². The van der Waals surface area contributed by atoms with Crippen molar-refractivity contribution in [1.29, 1.82) is 0 Å². The third kappa shape index (κ3) is 3.93. The molecule has 0 aromatic rings. The molecule has 1 fully saturated rings. The number of rotatable bonds is 5. The normalized spacial score (nSPS) is 19.6. The van der Waals surface area contributed by atoms with Crippen LogP contribution >= 0.6 is 0 Å². The van der Waals surface area contributed by atoms with Crippen molar-refractivity contribution >= 4 is 11.8 Å². The van der Waals surface area contributed by atoms with Gasteiger partial charge in [0.05, 0.1) is 5.54 Å². The minimum atomic E-state index is -0.782. The molecule has 110 valence electrons. The van der Waals surface area contributed by atoms with Gasteiger partial charge in [-0.3, -0.25) is 9.59 Å². The van der Waals surface area contributed by atoms with Crippen LogP contribution in [0.15, 0.2) is 0 Å². The number of likely N-dealkylation sites (N-methyl/N-ethyl adjacent to an activating group) is 1. The van der Waals surface area contributed by atoms with Crippen LogP contribution in [-0.4, -0.2) is 41.4 Å². The number of carbonyl (C=O) groups excluding carboxylic acids is 2. The molecule has 3 N–H and O–H groups in total. The largest absolute Gasteiger partial charge is 0.343 e. The molecule has 0 aromatic heterocycles. The van der Waals surface area contributed by atoms with Gasteiger partial charge in [-0.1, -0.05) is 19.3 Å². The van der Waals surface area contributed by atoms with Crippen LogP contribution in [0.1, 0.15) is 52.9 Å². The molecular formula is C14H27N3O2. The van der Waals surface area contributed by atoms with Crippen molar-refractivity contribution in [3.05, 3.63) is 0 Å². The Bertz CT molecular complexity index is 321. The lowest BCUT2D eigenvalue weighted by Gasteiger charge is -2.33. The summed E-state index contributed by atoms with van der Waals surface area (Å²) in [7, 11) is 0. The summed E-state index contributed by atoms with van der Waals surface area (Å²) in [6.45, 7) is 6.90. The molecule has 2 amide bonds. The summed E-state index contributed by atoms with van der Waals surface area (Å²) in [6.07, 6.45) is 4.54. The molecule has 1 atom stereocenters. The molecule has 5 heteroatoms. The van der Waals surface area contributed by atoms with Gasteiger partial charge in [0, 0.05) is 13.1 Å². The zero-order chi connectivity index (χ0) is 14.5. The Morgan fingerprint density at radius 3 is 2.21 bits per heavy atom. The van der Waals surface area contributed by atoms with E-state index >= 15 is 0 Å². The summed E-state index contributed by atoms with van der Waals surface area (Å²) in [6, 6.07) is -0.505. The van der Waals surface area contributed by atoms with Gasteiger partial charge < -0.3 is 16.0 Å². The quantitative estimate of drug-likeness (QED) is 0.782. The van der Waals surface area contributed by atoms with Crippen molar-refractivity contribution < 1.29 is 9.59 Å². The van der Waals surface area contributed by atoms with E-state index in [1.165, 1.54) is 0 Å². The minimum absolute atomic E-state index is 0.0437. The third-order valence-electron chi connectivity index (χ3n) is 3.99. The van der Waals surface area contributed by atoms with Crippen molar-refractivity contribution in [2.24, 2.45) is 5.73 Å². The molecule has 19 heavy (non-hydrogen) atoms. The number of nitrogens with one attached hydrogen (secondary N) is 1. The van der Waals surface area contributed by atoms with Crippen LogP contribution in [0.3, 0.4) is 0 Å². The zero-order valence-corrected chi connectivity index (χ0v) is 12.4. The van der Waals surface area contributed by atoms with E-state index < -0.39 is 11.6 Å². The molecule has 1 aliphatic rings.